The van der Waals surface area contributed by atoms with Crippen LogP contribution >= 0.6 is 0 Å². The van der Waals surface area contributed by atoms with Crippen LogP contribution in [0.5, 0.6) is 11.5 Å². The van der Waals surface area contributed by atoms with E-state index >= 15 is 0 Å². The Balaban J connectivity index is 0.862. The van der Waals surface area contributed by atoms with Gasteiger partial charge in [-0.2, -0.15) is 0 Å². The number of fused-ring (bicyclic) bond motifs is 4. The molecule has 2 aliphatic heterocycles. The van der Waals surface area contributed by atoms with E-state index in [9.17, 15) is 0 Å². The Kier molecular flexibility index (Phi) is 9.94. The van der Waals surface area contributed by atoms with Gasteiger partial charge in [-0.15, -0.1) is 0 Å². The van der Waals surface area contributed by atoms with E-state index in [-0.39, 0.29) is 35.1 Å². The zero-order chi connectivity index (χ0) is 55.0. The van der Waals surface area contributed by atoms with Gasteiger partial charge in [-0.25, -0.2) is 4.98 Å². The number of aryl methyl sites for hydroxylation is 1. The predicted molar refractivity (Wildman–Crippen MR) is 308 cm³/mol. The lowest BCUT2D eigenvalue weighted by molar-refractivity contribution is 0.297. The van der Waals surface area contributed by atoms with Crippen LogP contribution in [0.4, 0.5) is 5.69 Å². The van der Waals surface area contributed by atoms with Crippen molar-refractivity contribution in [1.29, 1.82) is 0 Å². The van der Waals surface area contributed by atoms with E-state index in [0.717, 1.165) is 106 Å². The molecule has 75 heavy (non-hydrogen) atoms. The number of pyridine rings is 1. The molecular formula is C69H54N4O2. The first-order chi connectivity index (χ1) is 38.8. The van der Waals surface area contributed by atoms with Crippen LogP contribution in [0.2, 0.25) is 0 Å². The van der Waals surface area contributed by atoms with Gasteiger partial charge in [0.2, 0.25) is 5.88 Å². The maximum Gasteiger partial charge on any atom is 0.226 e. The maximum atomic E-state index is 8.50. The third-order valence-electron chi connectivity index (χ3n) is 14.4. The first-order valence-electron chi connectivity index (χ1n) is 27.8. The Morgan fingerprint density at radius 2 is 1.15 bits per heavy atom. The average molecular weight is 976 g/mol. The molecule has 6 heteroatoms. The molecule has 0 bridgehead atoms. The molecule has 11 aromatic rings. The van der Waals surface area contributed by atoms with Crippen molar-refractivity contribution in [1.82, 2.24) is 14.5 Å². The van der Waals surface area contributed by atoms with Crippen molar-refractivity contribution in [2.45, 2.75) is 33.1 Å². The van der Waals surface area contributed by atoms with Gasteiger partial charge in [0.05, 0.1) is 29.3 Å². The van der Waals surface area contributed by atoms with E-state index in [1.807, 2.05) is 42.8 Å². The number of para-hydroxylation sites is 2. The number of nitrogens with zero attached hydrogens (tertiary/aromatic N) is 4. The normalized spacial score (nSPS) is 14.3. The van der Waals surface area contributed by atoms with Gasteiger partial charge in [0.15, 0.2) is 0 Å². The van der Waals surface area contributed by atoms with E-state index in [4.69, 9.17) is 21.3 Å². The third kappa shape index (κ3) is 8.31. The van der Waals surface area contributed by atoms with E-state index < -0.39 is 6.04 Å². The molecule has 9 aromatic carbocycles. The number of benzene rings is 9. The summed E-state index contributed by atoms with van der Waals surface area (Å²) in [7, 11) is 0. The Bertz CT molecular complexity index is 4240. The molecule has 2 aromatic heterocycles. The van der Waals surface area contributed by atoms with E-state index in [1.54, 1.807) is 12.1 Å². The zero-order valence-electron chi connectivity index (χ0n) is 47.0. The summed E-state index contributed by atoms with van der Waals surface area (Å²) in [5.41, 5.74) is 15.9. The molecule has 0 spiro atoms. The highest BCUT2D eigenvalue weighted by Gasteiger charge is 2.40. The molecule has 0 fully saturated rings. The van der Waals surface area contributed by atoms with Gasteiger partial charge in [-0.1, -0.05) is 203 Å². The highest BCUT2D eigenvalue weighted by molar-refractivity contribution is 6.09. The van der Waals surface area contributed by atoms with Crippen LogP contribution in [0.25, 0.3) is 83.5 Å². The summed E-state index contributed by atoms with van der Waals surface area (Å²) in [6.45, 7) is 9.23. The fourth-order valence-electron chi connectivity index (χ4n) is 10.6. The van der Waals surface area contributed by atoms with Crippen LogP contribution in [0.15, 0.2) is 249 Å². The number of hydrogen-bond acceptors (Lipinski definition) is 5. The predicted octanol–water partition coefficient (Wildman–Crippen LogP) is 17.7. The topological polar surface area (TPSA) is 42.8 Å². The lowest BCUT2D eigenvalue weighted by Gasteiger charge is -2.29. The average Bonchev–Trinajstić information content (AvgIpc) is 4.35. The SMILES string of the molecule is [2H]c1c([2H])c([2H])c(-c2ccc(-c3cnc(-n4c5ccccc5c5ccc(Oc6cc(C7=COC8=C(c9ccccc9)N(c9c(-c%10ccccc%10)cccc9-c9ccccc9)CN78)cc(C(C)(C)C)c6)cc54)cc3C)cc2)c([2H])c1[2H]. The Labute approximate surface area is 445 Å². The highest BCUT2D eigenvalue weighted by Crippen LogP contribution is 2.50. The molecule has 0 radical (unpaired) electrons. The number of anilines is 1. The number of hydrogen-bond donors (Lipinski definition) is 0. The van der Waals surface area contributed by atoms with Crippen molar-refractivity contribution in [3.63, 3.8) is 0 Å². The van der Waals surface area contributed by atoms with Gasteiger partial charge >= 0.3 is 0 Å². The molecule has 0 atom stereocenters. The molecule has 0 aliphatic carbocycles. The zero-order valence-corrected chi connectivity index (χ0v) is 42.0. The minimum Gasteiger partial charge on any atom is -0.457 e. The molecule has 0 amide bonds. The van der Waals surface area contributed by atoms with Gasteiger partial charge in [-0.3, -0.25) is 9.47 Å². The van der Waals surface area contributed by atoms with Crippen LogP contribution < -0.4 is 9.64 Å². The summed E-state index contributed by atoms with van der Waals surface area (Å²) in [5.74, 6) is 2.88. The van der Waals surface area contributed by atoms with Gasteiger partial charge in [0.25, 0.3) is 0 Å². The molecule has 0 unspecified atom stereocenters. The van der Waals surface area contributed by atoms with Crippen molar-refractivity contribution < 1.29 is 16.3 Å². The molecule has 0 saturated carbocycles. The molecule has 6 nitrogen and oxygen atoms in total. The lowest BCUT2D eigenvalue weighted by Crippen LogP contribution is -2.26. The molecule has 0 N–H and O–H groups in total. The number of rotatable bonds is 10. The molecule has 0 saturated heterocycles. The molecule has 362 valence electrons. The first kappa shape index (κ1) is 40.1. The van der Waals surface area contributed by atoms with E-state index in [1.165, 1.54) is 0 Å². The monoisotopic (exact) mass is 975 g/mol. The van der Waals surface area contributed by atoms with Gasteiger partial charge in [0, 0.05) is 50.9 Å². The van der Waals surface area contributed by atoms with Crippen molar-refractivity contribution in [3.05, 3.63) is 271 Å². The molecule has 4 heterocycles. The second-order valence-corrected chi connectivity index (χ2v) is 20.1. The van der Waals surface area contributed by atoms with Gasteiger partial charge < -0.3 is 14.4 Å². The summed E-state index contributed by atoms with van der Waals surface area (Å²) in [6.07, 6.45) is 3.76. The van der Waals surface area contributed by atoms with Crippen LogP contribution in [-0.4, -0.2) is 21.1 Å². The quantitative estimate of drug-likeness (QED) is 0.137. The van der Waals surface area contributed by atoms with Crippen LogP contribution in [0, 0.1) is 6.92 Å². The smallest absolute Gasteiger partial charge is 0.226 e. The minimum absolute atomic E-state index is 0.174. The third-order valence-corrected chi connectivity index (χ3v) is 14.4. The Hall–Kier alpha value is -9.39. The number of aromatic nitrogens is 2. The Morgan fingerprint density at radius 1 is 0.520 bits per heavy atom. The van der Waals surface area contributed by atoms with Gasteiger partial charge in [0.1, 0.15) is 35.9 Å². The summed E-state index contributed by atoms with van der Waals surface area (Å²) in [5, 5.41) is 2.15. The van der Waals surface area contributed by atoms with Crippen molar-refractivity contribution in [3.8, 4) is 61.8 Å². The maximum absolute atomic E-state index is 8.50. The number of ether oxygens (including phenoxy) is 2. The van der Waals surface area contributed by atoms with Crippen molar-refractivity contribution >= 4 is 38.9 Å². The van der Waals surface area contributed by atoms with Crippen LogP contribution in [0.3, 0.4) is 0 Å². The highest BCUT2D eigenvalue weighted by atomic mass is 16.5. The summed E-state index contributed by atoms with van der Waals surface area (Å²) >= 11 is 0. The molecular weight excluding hydrogens is 917 g/mol. The van der Waals surface area contributed by atoms with Crippen molar-refractivity contribution in [2.24, 2.45) is 0 Å². The second kappa shape index (κ2) is 18.6. The van der Waals surface area contributed by atoms with Gasteiger partial charge in [-0.05, 0) is 93.7 Å². The summed E-state index contributed by atoms with van der Waals surface area (Å²) in [6, 6.07) is 67.4. The second-order valence-electron chi connectivity index (χ2n) is 20.1. The van der Waals surface area contributed by atoms with E-state index in [0.29, 0.717) is 23.7 Å². The minimum atomic E-state index is -0.410. The van der Waals surface area contributed by atoms with Crippen molar-refractivity contribution in [2.75, 3.05) is 11.6 Å². The Morgan fingerprint density at radius 3 is 1.83 bits per heavy atom. The van der Waals surface area contributed by atoms with Crippen LogP contribution in [0.1, 0.15) is 49.9 Å². The fraction of sp³-hybridized carbons (Fsp3) is 0.0870. The molecule has 13 rings (SSSR count). The van der Waals surface area contributed by atoms with Crippen LogP contribution in [-0.2, 0) is 10.2 Å². The fourth-order valence-corrected chi connectivity index (χ4v) is 10.6. The molecule has 2 aliphatic rings. The summed E-state index contributed by atoms with van der Waals surface area (Å²) in [4.78, 5) is 9.79. The standard InChI is InChI=1S/C69H54N4O2/c1-46-38-65(70-43-61(46)51-34-32-48(33-35-51)47-20-9-5-10-21-47)73-62-31-18-17-28-59(62)60-37-36-55(42-63(60)73)75-56-40-53(39-54(41-56)69(2,3)4)64-44-74-68-66(52-26-15-8-16-27-52)72(45-71(64)68)67-57(49-22-11-6-12-23-49)29-19-30-58(67)50-24-13-7-14-25-50/h5-44H,45H2,1-4H3/i5D,9D,10D,20D,21D. The lowest BCUT2D eigenvalue weighted by atomic mass is 9.85. The first-order valence-corrected chi connectivity index (χ1v) is 25.3. The summed E-state index contributed by atoms with van der Waals surface area (Å²) < 4.78 is 57.4. The van der Waals surface area contributed by atoms with E-state index in [2.05, 4.69) is 200 Å². The largest absolute Gasteiger partial charge is 0.457 e.